The van der Waals surface area contributed by atoms with Crippen LogP contribution >= 0.6 is 0 Å². The number of carbonyl (C=O) groups is 1. The Labute approximate surface area is 107 Å². The molecule has 0 aromatic carbocycles. The van der Waals surface area contributed by atoms with Crippen LogP contribution in [0.4, 0.5) is 4.39 Å². The van der Waals surface area contributed by atoms with Crippen LogP contribution in [-0.2, 0) is 4.79 Å². The van der Waals surface area contributed by atoms with E-state index in [2.05, 4.69) is 15.6 Å². The first-order valence-electron chi connectivity index (χ1n) is 5.94. The van der Waals surface area contributed by atoms with Crippen LogP contribution in [0.25, 0.3) is 0 Å². The van der Waals surface area contributed by atoms with E-state index in [-0.39, 0.29) is 17.8 Å². The number of aromatic nitrogens is 1. The van der Waals surface area contributed by atoms with E-state index in [1.807, 2.05) is 20.8 Å². The molecule has 0 aliphatic rings. The number of hydrogen-bond donors (Lipinski definition) is 2. The molecule has 2 N–H and O–H groups in total. The highest BCUT2D eigenvalue weighted by molar-refractivity contribution is 5.81. The largest absolute Gasteiger partial charge is 0.359 e. The fourth-order valence-corrected chi connectivity index (χ4v) is 1.57. The second-order valence-electron chi connectivity index (χ2n) is 4.97. The maximum atomic E-state index is 12.7. The highest BCUT2D eigenvalue weighted by atomic mass is 19.1. The van der Waals surface area contributed by atoms with Crippen molar-refractivity contribution >= 4 is 5.91 Å². The summed E-state index contributed by atoms with van der Waals surface area (Å²) < 4.78 is 12.7. The molecule has 1 aromatic rings. The number of carbonyl (C=O) groups excluding carboxylic acids is 1. The van der Waals surface area contributed by atoms with Gasteiger partial charge in [-0.05, 0) is 32.9 Å². The number of rotatable bonds is 5. The molecule has 0 aliphatic heterocycles. The minimum Gasteiger partial charge on any atom is -0.359 e. The molecule has 4 nitrogen and oxygen atoms in total. The van der Waals surface area contributed by atoms with Crippen molar-refractivity contribution in [2.75, 3.05) is 13.6 Å². The summed E-state index contributed by atoms with van der Waals surface area (Å²) in [6, 6.07) is 2.99. The van der Waals surface area contributed by atoms with E-state index in [1.54, 1.807) is 13.1 Å². The van der Waals surface area contributed by atoms with Crippen molar-refractivity contribution in [1.29, 1.82) is 0 Å². The predicted molar refractivity (Wildman–Crippen MR) is 68.5 cm³/mol. The maximum absolute atomic E-state index is 12.7. The van der Waals surface area contributed by atoms with Gasteiger partial charge in [0.25, 0.3) is 0 Å². The first-order chi connectivity index (χ1) is 8.36. The van der Waals surface area contributed by atoms with E-state index >= 15 is 0 Å². The Morgan fingerprint density at radius 2 is 2.17 bits per heavy atom. The van der Waals surface area contributed by atoms with Gasteiger partial charge in [-0.15, -0.1) is 0 Å². The quantitative estimate of drug-likeness (QED) is 0.839. The summed E-state index contributed by atoms with van der Waals surface area (Å²) in [6.45, 7) is 6.18. The van der Waals surface area contributed by atoms with Gasteiger partial charge in [-0.2, -0.15) is 0 Å². The van der Waals surface area contributed by atoms with Gasteiger partial charge in [0.1, 0.15) is 5.82 Å². The molecule has 18 heavy (non-hydrogen) atoms. The molecule has 1 rings (SSSR count). The van der Waals surface area contributed by atoms with Crippen molar-refractivity contribution in [2.45, 2.75) is 26.8 Å². The molecule has 0 aliphatic carbocycles. The molecule has 1 aromatic heterocycles. The summed E-state index contributed by atoms with van der Waals surface area (Å²) in [7, 11) is 1.62. The zero-order valence-corrected chi connectivity index (χ0v) is 11.2. The van der Waals surface area contributed by atoms with Gasteiger partial charge in [-0.1, -0.05) is 0 Å². The van der Waals surface area contributed by atoms with Crippen molar-refractivity contribution in [3.05, 3.63) is 29.8 Å². The monoisotopic (exact) mass is 253 g/mol. The van der Waals surface area contributed by atoms with Gasteiger partial charge in [0.2, 0.25) is 5.91 Å². The van der Waals surface area contributed by atoms with Gasteiger partial charge in [-0.25, -0.2) is 4.39 Å². The molecule has 1 amide bonds. The lowest BCUT2D eigenvalue weighted by Crippen LogP contribution is -2.42. The van der Waals surface area contributed by atoms with E-state index in [0.717, 1.165) is 5.69 Å². The fourth-order valence-electron chi connectivity index (χ4n) is 1.57. The van der Waals surface area contributed by atoms with Gasteiger partial charge in [0.05, 0.1) is 17.3 Å². The fraction of sp³-hybridized carbons (Fsp3) is 0.538. The Bertz CT molecular complexity index is 403. The maximum Gasteiger partial charge on any atom is 0.226 e. The molecule has 0 saturated heterocycles. The van der Waals surface area contributed by atoms with Crippen LogP contribution in [-0.4, -0.2) is 24.5 Å². The molecule has 5 heteroatoms. The molecule has 1 heterocycles. The standard InChI is InChI=1S/C13H20FN3O/c1-9(11-6-5-10(14)7-16-11)17-8-13(2,3)12(18)15-4/h5-7,9,17H,8H2,1-4H3,(H,15,18). The number of hydrogen-bond acceptors (Lipinski definition) is 3. The zero-order chi connectivity index (χ0) is 13.8. The number of pyridine rings is 1. The van der Waals surface area contributed by atoms with E-state index < -0.39 is 5.41 Å². The Morgan fingerprint density at radius 3 is 2.67 bits per heavy atom. The van der Waals surface area contributed by atoms with Crippen LogP contribution in [0.5, 0.6) is 0 Å². The zero-order valence-electron chi connectivity index (χ0n) is 11.2. The Hall–Kier alpha value is -1.49. The lowest BCUT2D eigenvalue weighted by atomic mass is 9.92. The van der Waals surface area contributed by atoms with Gasteiger partial charge < -0.3 is 10.6 Å². The molecule has 0 radical (unpaired) electrons. The minimum absolute atomic E-state index is 0.0192. The molecule has 1 unspecified atom stereocenters. The van der Waals surface area contributed by atoms with Crippen LogP contribution in [0, 0.1) is 11.2 Å². The van der Waals surface area contributed by atoms with Gasteiger partial charge >= 0.3 is 0 Å². The third-order valence-electron chi connectivity index (χ3n) is 2.89. The summed E-state index contributed by atoms with van der Waals surface area (Å²) in [5, 5.41) is 5.86. The lowest BCUT2D eigenvalue weighted by molar-refractivity contribution is -0.128. The first kappa shape index (κ1) is 14.6. The van der Waals surface area contributed by atoms with Crippen molar-refractivity contribution in [3.63, 3.8) is 0 Å². The van der Waals surface area contributed by atoms with Gasteiger partial charge in [-0.3, -0.25) is 9.78 Å². The molecular weight excluding hydrogens is 233 g/mol. The summed E-state index contributed by atoms with van der Waals surface area (Å²) in [5.74, 6) is -0.370. The molecular formula is C13H20FN3O. The lowest BCUT2D eigenvalue weighted by Gasteiger charge is -2.25. The van der Waals surface area contributed by atoms with Crippen LogP contribution in [0.15, 0.2) is 18.3 Å². The summed E-state index contributed by atoms with van der Waals surface area (Å²) in [6.07, 6.45) is 1.19. The second kappa shape index (κ2) is 5.91. The number of amides is 1. The van der Waals surface area contributed by atoms with Crippen molar-refractivity contribution in [3.8, 4) is 0 Å². The normalized spacial score (nSPS) is 13.2. The Balaban J connectivity index is 2.58. The highest BCUT2D eigenvalue weighted by Gasteiger charge is 2.26. The van der Waals surface area contributed by atoms with Crippen LogP contribution in [0.3, 0.4) is 0 Å². The van der Waals surface area contributed by atoms with Crippen molar-refractivity contribution < 1.29 is 9.18 Å². The Kier molecular flexibility index (Phi) is 4.78. The average Bonchev–Trinajstić information content (AvgIpc) is 2.35. The SMILES string of the molecule is CNC(=O)C(C)(C)CNC(C)c1ccc(F)cn1. The first-order valence-corrected chi connectivity index (χ1v) is 5.94. The van der Waals surface area contributed by atoms with Gasteiger partial charge in [0, 0.05) is 19.6 Å². The summed E-state index contributed by atoms with van der Waals surface area (Å²) in [4.78, 5) is 15.6. The van der Waals surface area contributed by atoms with Gasteiger partial charge in [0.15, 0.2) is 0 Å². The van der Waals surface area contributed by atoms with E-state index in [0.29, 0.717) is 6.54 Å². The topological polar surface area (TPSA) is 54.0 Å². The molecule has 0 saturated carbocycles. The molecule has 1 atom stereocenters. The smallest absolute Gasteiger partial charge is 0.226 e. The average molecular weight is 253 g/mol. The molecule has 0 spiro atoms. The third-order valence-corrected chi connectivity index (χ3v) is 2.89. The molecule has 100 valence electrons. The van der Waals surface area contributed by atoms with Crippen molar-refractivity contribution in [1.82, 2.24) is 15.6 Å². The van der Waals surface area contributed by atoms with Crippen LogP contribution in [0.1, 0.15) is 32.5 Å². The van der Waals surface area contributed by atoms with E-state index in [4.69, 9.17) is 0 Å². The molecule has 0 fully saturated rings. The van der Waals surface area contributed by atoms with E-state index in [9.17, 15) is 9.18 Å². The summed E-state index contributed by atoms with van der Waals surface area (Å²) in [5.41, 5.74) is 0.257. The Morgan fingerprint density at radius 1 is 1.50 bits per heavy atom. The van der Waals surface area contributed by atoms with Crippen LogP contribution in [0.2, 0.25) is 0 Å². The molecule has 0 bridgehead atoms. The summed E-state index contributed by atoms with van der Waals surface area (Å²) >= 11 is 0. The predicted octanol–water partition coefficient (Wildman–Crippen LogP) is 1.64. The van der Waals surface area contributed by atoms with E-state index in [1.165, 1.54) is 12.3 Å². The number of nitrogens with zero attached hydrogens (tertiary/aromatic N) is 1. The highest BCUT2D eigenvalue weighted by Crippen LogP contribution is 2.16. The van der Waals surface area contributed by atoms with Crippen LogP contribution < -0.4 is 10.6 Å². The second-order valence-corrected chi connectivity index (χ2v) is 4.97. The minimum atomic E-state index is -0.497. The third kappa shape index (κ3) is 3.77. The number of nitrogens with one attached hydrogen (secondary N) is 2. The van der Waals surface area contributed by atoms with Crippen molar-refractivity contribution in [2.24, 2.45) is 5.41 Å². The number of halogens is 1.